The lowest BCUT2D eigenvalue weighted by atomic mass is 9.73. The van der Waals surface area contributed by atoms with Gasteiger partial charge in [-0.1, -0.05) is 62.1 Å². The van der Waals surface area contributed by atoms with Gasteiger partial charge in [0.15, 0.2) is 0 Å². The third kappa shape index (κ3) is 4.71. The summed E-state index contributed by atoms with van der Waals surface area (Å²) in [4.78, 5) is 0. The van der Waals surface area contributed by atoms with Gasteiger partial charge in [0.2, 0.25) is 0 Å². The summed E-state index contributed by atoms with van der Waals surface area (Å²) in [6.07, 6.45) is 6.36. The highest BCUT2D eigenvalue weighted by atomic mass is 19.4. The highest BCUT2D eigenvalue weighted by Crippen LogP contribution is 2.43. The quantitative estimate of drug-likeness (QED) is 0.521. The smallest absolute Gasteiger partial charge is 0.406 e. The van der Waals surface area contributed by atoms with Crippen LogP contribution in [0.5, 0.6) is 5.75 Å². The molecule has 2 aromatic rings. The van der Waals surface area contributed by atoms with Gasteiger partial charge in [-0.15, -0.1) is 13.2 Å². The van der Waals surface area contributed by atoms with Gasteiger partial charge in [0.25, 0.3) is 0 Å². The summed E-state index contributed by atoms with van der Waals surface area (Å²) in [6, 6.07) is 14.6. The minimum absolute atomic E-state index is 0.188. The molecule has 28 heavy (non-hydrogen) atoms. The zero-order valence-corrected chi connectivity index (χ0v) is 16.0. The molecule has 0 saturated heterocycles. The maximum Gasteiger partial charge on any atom is 0.573 e. The number of hydrogen-bond donors (Lipinski definition) is 0. The van der Waals surface area contributed by atoms with Gasteiger partial charge in [-0.25, -0.2) is 0 Å². The Morgan fingerprint density at radius 2 is 1.14 bits per heavy atom. The van der Waals surface area contributed by atoms with E-state index in [4.69, 9.17) is 0 Å². The molecular formula is C24H27F3O. The SMILES string of the molecule is FC(F)(F)Oc1ccc(-c2ccc(C3CCC(C4CCCC4)CC3)cc2)cc1. The van der Waals surface area contributed by atoms with Crippen molar-refractivity contribution in [3.05, 3.63) is 54.1 Å². The van der Waals surface area contributed by atoms with E-state index in [1.807, 2.05) is 0 Å². The highest BCUT2D eigenvalue weighted by molar-refractivity contribution is 5.64. The molecule has 0 atom stereocenters. The van der Waals surface area contributed by atoms with Crippen LogP contribution >= 0.6 is 0 Å². The van der Waals surface area contributed by atoms with Crippen LogP contribution in [0.1, 0.15) is 62.8 Å². The molecule has 4 rings (SSSR count). The van der Waals surface area contributed by atoms with E-state index in [-0.39, 0.29) is 5.75 Å². The zero-order chi connectivity index (χ0) is 19.6. The van der Waals surface area contributed by atoms with E-state index in [9.17, 15) is 13.2 Å². The van der Waals surface area contributed by atoms with Crippen LogP contribution in [0.25, 0.3) is 11.1 Å². The van der Waals surface area contributed by atoms with Crippen LogP contribution in [0, 0.1) is 11.8 Å². The summed E-state index contributed by atoms with van der Waals surface area (Å²) in [5.74, 6) is 2.38. The van der Waals surface area contributed by atoms with Gasteiger partial charge in [-0.05, 0) is 72.3 Å². The van der Waals surface area contributed by atoms with Crippen molar-refractivity contribution in [1.82, 2.24) is 0 Å². The Balaban J connectivity index is 1.36. The molecule has 0 aliphatic heterocycles. The first-order valence-electron chi connectivity index (χ1n) is 10.4. The fourth-order valence-electron chi connectivity index (χ4n) is 5.15. The fraction of sp³-hybridized carbons (Fsp3) is 0.500. The monoisotopic (exact) mass is 388 g/mol. The maximum atomic E-state index is 12.3. The fourth-order valence-corrected chi connectivity index (χ4v) is 5.15. The lowest BCUT2D eigenvalue weighted by molar-refractivity contribution is -0.274. The molecule has 2 aliphatic rings. The first-order valence-corrected chi connectivity index (χ1v) is 10.4. The normalized spacial score (nSPS) is 23.7. The second-order valence-electron chi connectivity index (χ2n) is 8.35. The van der Waals surface area contributed by atoms with Crippen LogP contribution in [0.15, 0.2) is 48.5 Å². The Labute approximate surface area is 164 Å². The molecule has 2 saturated carbocycles. The zero-order valence-electron chi connectivity index (χ0n) is 16.0. The molecule has 0 spiro atoms. The molecule has 1 nitrogen and oxygen atoms in total. The summed E-state index contributed by atoms with van der Waals surface area (Å²) in [5.41, 5.74) is 3.30. The Kier molecular flexibility index (Phi) is 5.65. The third-order valence-electron chi connectivity index (χ3n) is 6.64. The number of rotatable bonds is 4. The predicted octanol–water partition coefficient (Wildman–Crippen LogP) is 7.72. The highest BCUT2D eigenvalue weighted by Gasteiger charge is 2.31. The van der Waals surface area contributed by atoms with E-state index in [1.54, 1.807) is 12.1 Å². The summed E-state index contributed by atoms with van der Waals surface area (Å²) in [7, 11) is 0. The summed E-state index contributed by atoms with van der Waals surface area (Å²) >= 11 is 0. The van der Waals surface area contributed by atoms with Crippen LogP contribution in [-0.4, -0.2) is 6.36 Å². The third-order valence-corrected chi connectivity index (χ3v) is 6.64. The molecule has 0 bridgehead atoms. The lowest BCUT2D eigenvalue weighted by Gasteiger charge is -2.32. The van der Waals surface area contributed by atoms with E-state index in [0.717, 1.165) is 23.0 Å². The number of hydrogen-bond acceptors (Lipinski definition) is 1. The molecular weight excluding hydrogens is 361 g/mol. The molecule has 2 aromatic carbocycles. The lowest BCUT2D eigenvalue weighted by Crippen LogP contribution is -2.19. The average molecular weight is 388 g/mol. The van der Waals surface area contributed by atoms with Crippen molar-refractivity contribution in [2.45, 2.75) is 63.6 Å². The minimum atomic E-state index is -4.65. The van der Waals surface area contributed by atoms with E-state index in [0.29, 0.717) is 5.92 Å². The van der Waals surface area contributed by atoms with Gasteiger partial charge in [0, 0.05) is 0 Å². The van der Waals surface area contributed by atoms with E-state index in [2.05, 4.69) is 29.0 Å². The van der Waals surface area contributed by atoms with E-state index < -0.39 is 6.36 Å². The Morgan fingerprint density at radius 1 is 0.643 bits per heavy atom. The molecule has 4 heteroatoms. The maximum absolute atomic E-state index is 12.3. The van der Waals surface area contributed by atoms with Crippen LogP contribution in [0.3, 0.4) is 0 Å². The van der Waals surface area contributed by atoms with Gasteiger partial charge in [-0.3, -0.25) is 0 Å². The number of alkyl halides is 3. The van der Waals surface area contributed by atoms with Crippen LogP contribution in [-0.2, 0) is 0 Å². The van der Waals surface area contributed by atoms with Crippen LogP contribution in [0.4, 0.5) is 13.2 Å². The Morgan fingerprint density at radius 3 is 1.68 bits per heavy atom. The standard InChI is InChI=1S/C24H27F3O/c25-24(26,27)28-23-15-13-22(14-16-23)21-11-9-20(10-12-21)19-7-5-18(6-8-19)17-3-1-2-4-17/h9-19H,1-8H2. The second kappa shape index (κ2) is 8.18. The largest absolute Gasteiger partial charge is 0.573 e. The Hall–Kier alpha value is -1.97. The summed E-state index contributed by atoms with van der Waals surface area (Å²) in [5, 5.41) is 0. The second-order valence-corrected chi connectivity index (χ2v) is 8.35. The average Bonchev–Trinajstić information content (AvgIpc) is 3.23. The molecule has 0 unspecified atom stereocenters. The van der Waals surface area contributed by atoms with Crippen molar-refractivity contribution in [3.8, 4) is 16.9 Å². The number of ether oxygens (including phenoxy) is 1. The number of benzene rings is 2. The van der Waals surface area contributed by atoms with Crippen molar-refractivity contribution in [1.29, 1.82) is 0 Å². The molecule has 0 N–H and O–H groups in total. The summed E-state index contributed by atoms with van der Waals surface area (Å²) < 4.78 is 40.8. The molecule has 0 aromatic heterocycles. The first-order chi connectivity index (χ1) is 13.5. The minimum Gasteiger partial charge on any atom is -0.406 e. The van der Waals surface area contributed by atoms with Gasteiger partial charge < -0.3 is 4.74 Å². The van der Waals surface area contributed by atoms with Crippen molar-refractivity contribution in [3.63, 3.8) is 0 Å². The molecule has 0 amide bonds. The topological polar surface area (TPSA) is 9.23 Å². The van der Waals surface area contributed by atoms with Gasteiger partial charge in [-0.2, -0.15) is 0 Å². The van der Waals surface area contributed by atoms with Crippen LogP contribution in [0.2, 0.25) is 0 Å². The molecule has 0 radical (unpaired) electrons. The van der Waals surface area contributed by atoms with Crippen molar-refractivity contribution in [2.24, 2.45) is 11.8 Å². The number of halogens is 3. The molecule has 2 fully saturated rings. The van der Waals surface area contributed by atoms with E-state index >= 15 is 0 Å². The first kappa shape index (κ1) is 19.4. The Bertz CT molecular complexity index is 750. The van der Waals surface area contributed by atoms with Crippen molar-refractivity contribution in [2.75, 3.05) is 0 Å². The van der Waals surface area contributed by atoms with E-state index in [1.165, 1.54) is 69.1 Å². The summed E-state index contributed by atoms with van der Waals surface area (Å²) in [6.45, 7) is 0. The van der Waals surface area contributed by atoms with Gasteiger partial charge in [0.1, 0.15) is 5.75 Å². The van der Waals surface area contributed by atoms with Gasteiger partial charge >= 0.3 is 6.36 Å². The van der Waals surface area contributed by atoms with Gasteiger partial charge in [0.05, 0.1) is 0 Å². The van der Waals surface area contributed by atoms with Crippen LogP contribution < -0.4 is 4.74 Å². The van der Waals surface area contributed by atoms with Crippen molar-refractivity contribution >= 4 is 0 Å². The predicted molar refractivity (Wildman–Crippen MR) is 105 cm³/mol. The molecule has 150 valence electrons. The molecule has 2 aliphatic carbocycles. The molecule has 0 heterocycles. The van der Waals surface area contributed by atoms with Crippen molar-refractivity contribution < 1.29 is 17.9 Å².